The summed E-state index contributed by atoms with van der Waals surface area (Å²) >= 11 is 0. The van der Waals surface area contributed by atoms with E-state index >= 15 is 0 Å². The highest BCUT2D eigenvalue weighted by Gasteiger charge is 2.26. The van der Waals surface area contributed by atoms with Crippen LogP contribution in [0.15, 0.2) is 24.3 Å². The molecule has 0 N–H and O–H groups in total. The molecule has 1 aliphatic rings. The van der Waals surface area contributed by atoms with Gasteiger partial charge in [0.15, 0.2) is 0 Å². The molecule has 0 amide bonds. The van der Waals surface area contributed by atoms with Gasteiger partial charge < -0.3 is 9.47 Å². The van der Waals surface area contributed by atoms with Crippen molar-refractivity contribution in [2.45, 2.75) is 33.1 Å². The first kappa shape index (κ1) is 16.8. The Morgan fingerprint density at radius 3 is 2.91 bits per heavy atom. The van der Waals surface area contributed by atoms with Gasteiger partial charge in [0.05, 0.1) is 12.5 Å². The number of piperidine rings is 1. The van der Waals surface area contributed by atoms with Crippen LogP contribution in [0.25, 0.3) is 0 Å². The molecule has 2 rings (SSSR count). The number of likely N-dealkylation sites (tertiary alicyclic amines) is 1. The van der Waals surface area contributed by atoms with Crippen LogP contribution in [0.3, 0.4) is 0 Å². The molecule has 0 aliphatic carbocycles. The number of nitrogens with zero attached hydrogens (tertiary/aromatic N) is 1. The van der Waals surface area contributed by atoms with E-state index in [9.17, 15) is 4.79 Å². The van der Waals surface area contributed by atoms with Crippen molar-refractivity contribution in [2.24, 2.45) is 5.92 Å². The third kappa shape index (κ3) is 4.73. The van der Waals surface area contributed by atoms with E-state index in [0.717, 1.165) is 44.6 Å². The number of para-hydroxylation sites is 1. The van der Waals surface area contributed by atoms with Crippen molar-refractivity contribution in [2.75, 3.05) is 32.8 Å². The number of hydrogen-bond acceptors (Lipinski definition) is 4. The lowest BCUT2D eigenvalue weighted by molar-refractivity contribution is -0.150. The average Bonchev–Trinajstić information content (AvgIpc) is 2.56. The van der Waals surface area contributed by atoms with Crippen LogP contribution in [0.4, 0.5) is 0 Å². The van der Waals surface area contributed by atoms with Crippen LogP contribution < -0.4 is 4.74 Å². The largest absolute Gasteiger partial charge is 0.492 e. The van der Waals surface area contributed by atoms with Gasteiger partial charge in [0, 0.05) is 13.1 Å². The molecule has 0 radical (unpaired) electrons. The lowest BCUT2D eigenvalue weighted by Crippen LogP contribution is -2.41. The number of benzene rings is 1. The van der Waals surface area contributed by atoms with Crippen molar-refractivity contribution in [3.05, 3.63) is 29.8 Å². The summed E-state index contributed by atoms with van der Waals surface area (Å²) in [5.74, 6) is 0.949. The molecule has 1 saturated heterocycles. The summed E-state index contributed by atoms with van der Waals surface area (Å²) in [5.41, 5.74) is 1.24. The molecule has 0 bridgehead atoms. The highest BCUT2D eigenvalue weighted by molar-refractivity contribution is 5.72. The Morgan fingerprint density at radius 1 is 1.32 bits per heavy atom. The fourth-order valence-electron chi connectivity index (χ4n) is 2.93. The predicted molar refractivity (Wildman–Crippen MR) is 87.1 cm³/mol. The van der Waals surface area contributed by atoms with Gasteiger partial charge in [0.1, 0.15) is 12.4 Å². The Balaban J connectivity index is 1.78. The second kappa shape index (κ2) is 8.79. The van der Waals surface area contributed by atoms with E-state index in [2.05, 4.69) is 17.9 Å². The van der Waals surface area contributed by atoms with E-state index < -0.39 is 0 Å². The summed E-state index contributed by atoms with van der Waals surface area (Å²) in [6.45, 7) is 7.80. The number of esters is 1. The minimum Gasteiger partial charge on any atom is -0.492 e. The molecule has 0 saturated carbocycles. The first-order valence-electron chi connectivity index (χ1n) is 8.34. The van der Waals surface area contributed by atoms with Gasteiger partial charge in [-0.15, -0.1) is 0 Å². The summed E-state index contributed by atoms with van der Waals surface area (Å²) in [7, 11) is 0. The van der Waals surface area contributed by atoms with Crippen LogP contribution in [0.1, 0.15) is 32.3 Å². The van der Waals surface area contributed by atoms with Crippen LogP contribution in [0, 0.1) is 5.92 Å². The zero-order valence-electron chi connectivity index (χ0n) is 13.7. The van der Waals surface area contributed by atoms with Crippen molar-refractivity contribution >= 4 is 5.97 Å². The third-order valence-electron chi connectivity index (χ3n) is 4.14. The summed E-state index contributed by atoms with van der Waals surface area (Å²) < 4.78 is 11.1. The van der Waals surface area contributed by atoms with E-state index in [4.69, 9.17) is 9.47 Å². The summed E-state index contributed by atoms with van der Waals surface area (Å²) in [6.07, 6.45) is 2.97. The topological polar surface area (TPSA) is 38.8 Å². The molecule has 1 heterocycles. The summed E-state index contributed by atoms with van der Waals surface area (Å²) in [4.78, 5) is 14.1. The van der Waals surface area contributed by atoms with Crippen LogP contribution >= 0.6 is 0 Å². The van der Waals surface area contributed by atoms with Gasteiger partial charge in [-0.05, 0) is 44.4 Å². The maximum absolute atomic E-state index is 11.8. The van der Waals surface area contributed by atoms with Gasteiger partial charge in [0.25, 0.3) is 0 Å². The van der Waals surface area contributed by atoms with E-state index in [1.54, 1.807) is 0 Å². The minimum atomic E-state index is -0.0514. The fraction of sp³-hybridized carbons (Fsp3) is 0.611. The minimum absolute atomic E-state index is 0.0247. The molecule has 1 aliphatic heterocycles. The van der Waals surface area contributed by atoms with Crippen molar-refractivity contribution in [1.29, 1.82) is 0 Å². The van der Waals surface area contributed by atoms with E-state index in [1.807, 2.05) is 25.1 Å². The molecule has 122 valence electrons. The number of ether oxygens (including phenoxy) is 2. The second-order valence-corrected chi connectivity index (χ2v) is 5.70. The van der Waals surface area contributed by atoms with Crippen molar-refractivity contribution in [1.82, 2.24) is 4.90 Å². The molecule has 1 atom stereocenters. The van der Waals surface area contributed by atoms with Crippen LogP contribution in [0.5, 0.6) is 5.75 Å². The first-order chi connectivity index (χ1) is 10.7. The quantitative estimate of drug-likeness (QED) is 0.726. The molecule has 22 heavy (non-hydrogen) atoms. The third-order valence-corrected chi connectivity index (χ3v) is 4.14. The predicted octanol–water partition coefficient (Wildman–Crippen LogP) is 2.90. The molecule has 1 aromatic carbocycles. The zero-order valence-corrected chi connectivity index (χ0v) is 13.7. The Labute approximate surface area is 133 Å². The SMILES string of the molecule is CCOC(=O)[C@H]1CCCN(CCOc2ccccc2CC)C1. The average molecular weight is 305 g/mol. The van der Waals surface area contributed by atoms with Gasteiger partial charge in [-0.3, -0.25) is 9.69 Å². The number of carbonyl (C=O) groups excluding carboxylic acids is 1. The Bertz CT molecular complexity index is 475. The fourth-order valence-corrected chi connectivity index (χ4v) is 2.93. The van der Waals surface area contributed by atoms with Crippen molar-refractivity contribution < 1.29 is 14.3 Å². The molecule has 0 unspecified atom stereocenters. The monoisotopic (exact) mass is 305 g/mol. The molecule has 1 fully saturated rings. The number of carbonyl (C=O) groups is 1. The second-order valence-electron chi connectivity index (χ2n) is 5.70. The number of rotatable bonds is 7. The van der Waals surface area contributed by atoms with E-state index in [1.165, 1.54) is 5.56 Å². The Morgan fingerprint density at radius 2 is 2.14 bits per heavy atom. The molecule has 0 spiro atoms. The van der Waals surface area contributed by atoms with Gasteiger partial charge in [-0.1, -0.05) is 25.1 Å². The van der Waals surface area contributed by atoms with Gasteiger partial charge in [-0.2, -0.15) is 0 Å². The molecule has 4 nitrogen and oxygen atoms in total. The van der Waals surface area contributed by atoms with Gasteiger partial charge in [0.2, 0.25) is 0 Å². The van der Waals surface area contributed by atoms with Gasteiger partial charge in [-0.25, -0.2) is 0 Å². The Kier molecular flexibility index (Phi) is 6.72. The maximum atomic E-state index is 11.8. The summed E-state index contributed by atoms with van der Waals surface area (Å²) in [6, 6.07) is 8.18. The van der Waals surface area contributed by atoms with Gasteiger partial charge >= 0.3 is 5.97 Å². The van der Waals surface area contributed by atoms with Crippen molar-refractivity contribution in [3.63, 3.8) is 0 Å². The maximum Gasteiger partial charge on any atom is 0.310 e. The van der Waals surface area contributed by atoms with Crippen LogP contribution in [0.2, 0.25) is 0 Å². The molecule has 1 aromatic rings. The lowest BCUT2D eigenvalue weighted by atomic mass is 9.98. The van der Waals surface area contributed by atoms with Crippen LogP contribution in [-0.4, -0.2) is 43.7 Å². The van der Waals surface area contributed by atoms with E-state index in [0.29, 0.717) is 13.2 Å². The zero-order chi connectivity index (χ0) is 15.8. The smallest absolute Gasteiger partial charge is 0.310 e. The molecule has 0 aromatic heterocycles. The Hall–Kier alpha value is -1.55. The molecule has 4 heteroatoms. The highest BCUT2D eigenvalue weighted by Crippen LogP contribution is 2.20. The van der Waals surface area contributed by atoms with E-state index in [-0.39, 0.29) is 11.9 Å². The van der Waals surface area contributed by atoms with Crippen molar-refractivity contribution in [3.8, 4) is 5.75 Å². The van der Waals surface area contributed by atoms with Crippen LogP contribution in [-0.2, 0) is 16.0 Å². The number of hydrogen-bond donors (Lipinski definition) is 0. The molecular formula is C18H27NO3. The first-order valence-corrected chi connectivity index (χ1v) is 8.34. The summed E-state index contributed by atoms with van der Waals surface area (Å²) in [5, 5.41) is 0. The standard InChI is InChI=1S/C18H27NO3/c1-3-15-8-5-6-10-17(15)22-13-12-19-11-7-9-16(14-19)18(20)21-4-2/h5-6,8,10,16H,3-4,7,9,11-14H2,1-2H3/t16-/m0/s1. The molecular weight excluding hydrogens is 278 g/mol. The normalized spacial score (nSPS) is 18.9. The number of aryl methyl sites for hydroxylation is 1. The lowest BCUT2D eigenvalue weighted by Gasteiger charge is -2.31. The highest BCUT2D eigenvalue weighted by atomic mass is 16.5.